The van der Waals surface area contributed by atoms with Crippen LogP contribution in [-0.2, 0) is 14.2 Å². The average Bonchev–Trinajstić information content (AvgIpc) is 2.64. The SMILES string of the molecule is CC1=C(CO)O[C@@H]2OC2O1. The predicted octanol–water partition coefficient (Wildman–Crippen LogP) is -0.0606. The Morgan fingerprint density at radius 3 is 2.80 bits per heavy atom. The van der Waals surface area contributed by atoms with Crippen LogP contribution in [0.5, 0.6) is 0 Å². The Bertz CT molecular complexity index is 186. The molecule has 1 unspecified atom stereocenters. The maximum atomic E-state index is 8.68. The molecular formula is C6H8O4. The Labute approximate surface area is 58.0 Å². The first-order valence-electron chi connectivity index (χ1n) is 3.10. The summed E-state index contributed by atoms with van der Waals surface area (Å²) in [6, 6.07) is 0. The van der Waals surface area contributed by atoms with Crippen LogP contribution in [0.3, 0.4) is 0 Å². The smallest absolute Gasteiger partial charge is 0.266 e. The molecule has 0 aromatic carbocycles. The van der Waals surface area contributed by atoms with Crippen LogP contribution in [0.1, 0.15) is 6.92 Å². The number of epoxide rings is 1. The van der Waals surface area contributed by atoms with E-state index in [4.69, 9.17) is 19.3 Å². The highest BCUT2D eigenvalue weighted by Crippen LogP contribution is 2.34. The lowest BCUT2D eigenvalue weighted by atomic mass is 10.4. The van der Waals surface area contributed by atoms with E-state index in [0.717, 1.165) is 0 Å². The average molecular weight is 144 g/mol. The van der Waals surface area contributed by atoms with Gasteiger partial charge in [0.15, 0.2) is 5.76 Å². The monoisotopic (exact) mass is 144 g/mol. The predicted molar refractivity (Wildman–Crippen MR) is 30.6 cm³/mol. The van der Waals surface area contributed by atoms with Crippen LogP contribution in [-0.4, -0.2) is 24.3 Å². The molecule has 0 bridgehead atoms. The van der Waals surface area contributed by atoms with E-state index in [1.165, 1.54) is 0 Å². The van der Waals surface area contributed by atoms with Crippen molar-refractivity contribution in [2.75, 3.05) is 6.61 Å². The van der Waals surface area contributed by atoms with Crippen LogP contribution in [0.25, 0.3) is 0 Å². The molecule has 0 aliphatic carbocycles. The zero-order valence-electron chi connectivity index (χ0n) is 5.53. The molecule has 2 aliphatic heterocycles. The van der Waals surface area contributed by atoms with Crippen LogP contribution in [0.2, 0.25) is 0 Å². The summed E-state index contributed by atoms with van der Waals surface area (Å²) in [4.78, 5) is 0. The van der Waals surface area contributed by atoms with Crippen LogP contribution in [0, 0.1) is 0 Å². The molecule has 56 valence electrons. The second kappa shape index (κ2) is 1.87. The fraction of sp³-hybridized carbons (Fsp3) is 0.667. The van der Waals surface area contributed by atoms with Gasteiger partial charge in [0, 0.05) is 0 Å². The second-order valence-electron chi connectivity index (χ2n) is 2.25. The molecule has 4 heteroatoms. The van der Waals surface area contributed by atoms with E-state index in [1.54, 1.807) is 6.92 Å². The summed E-state index contributed by atoms with van der Waals surface area (Å²) < 4.78 is 15.1. The van der Waals surface area contributed by atoms with Gasteiger partial charge < -0.3 is 14.6 Å². The normalized spacial score (nSPS) is 36.2. The molecule has 0 radical (unpaired) electrons. The van der Waals surface area contributed by atoms with Gasteiger partial charge in [-0.1, -0.05) is 0 Å². The number of aliphatic hydroxyl groups excluding tert-OH is 1. The van der Waals surface area contributed by atoms with E-state index in [0.29, 0.717) is 11.5 Å². The van der Waals surface area contributed by atoms with Crippen molar-refractivity contribution in [2.24, 2.45) is 0 Å². The van der Waals surface area contributed by atoms with Gasteiger partial charge in [0.1, 0.15) is 12.4 Å². The number of hydrogen-bond acceptors (Lipinski definition) is 4. The molecular weight excluding hydrogens is 136 g/mol. The molecule has 2 atom stereocenters. The first-order chi connectivity index (χ1) is 4.81. The molecule has 1 N–H and O–H groups in total. The lowest BCUT2D eigenvalue weighted by Gasteiger charge is -2.13. The number of fused-ring (bicyclic) bond motifs is 1. The van der Waals surface area contributed by atoms with Gasteiger partial charge in [-0.05, 0) is 6.92 Å². The third kappa shape index (κ3) is 0.767. The molecule has 2 heterocycles. The van der Waals surface area contributed by atoms with Gasteiger partial charge in [0.25, 0.3) is 12.6 Å². The van der Waals surface area contributed by atoms with Gasteiger partial charge in [-0.25, -0.2) is 0 Å². The maximum Gasteiger partial charge on any atom is 0.266 e. The minimum absolute atomic E-state index is 0.127. The minimum Gasteiger partial charge on any atom is -0.459 e. The molecule has 1 saturated heterocycles. The number of allylic oxidation sites excluding steroid dienone is 1. The highest BCUT2D eigenvalue weighted by molar-refractivity contribution is 5.04. The van der Waals surface area contributed by atoms with Crippen molar-refractivity contribution < 1.29 is 19.3 Å². The number of hydrogen-bond donors (Lipinski definition) is 1. The molecule has 0 spiro atoms. The summed E-state index contributed by atoms with van der Waals surface area (Å²) in [7, 11) is 0. The van der Waals surface area contributed by atoms with Crippen molar-refractivity contribution in [3.05, 3.63) is 11.5 Å². The van der Waals surface area contributed by atoms with E-state index in [9.17, 15) is 0 Å². The summed E-state index contributed by atoms with van der Waals surface area (Å²) in [5.74, 6) is 1.08. The number of aliphatic hydroxyl groups is 1. The summed E-state index contributed by atoms with van der Waals surface area (Å²) >= 11 is 0. The first-order valence-corrected chi connectivity index (χ1v) is 3.10. The molecule has 0 amide bonds. The lowest BCUT2D eigenvalue weighted by Crippen LogP contribution is -2.14. The van der Waals surface area contributed by atoms with E-state index < -0.39 is 0 Å². The Morgan fingerprint density at radius 2 is 2.10 bits per heavy atom. The van der Waals surface area contributed by atoms with Crippen LogP contribution in [0.15, 0.2) is 11.5 Å². The number of rotatable bonds is 1. The van der Waals surface area contributed by atoms with E-state index in [1.807, 2.05) is 0 Å². The fourth-order valence-electron chi connectivity index (χ4n) is 0.865. The standard InChI is InChI=1S/C6H8O4/c1-3-4(2-7)9-6-5(8-3)10-6/h5-7H,2H2,1H3/t5?,6-/m1/s1. The van der Waals surface area contributed by atoms with Crippen molar-refractivity contribution in [3.63, 3.8) is 0 Å². The van der Waals surface area contributed by atoms with Crippen molar-refractivity contribution in [1.29, 1.82) is 0 Å². The maximum absolute atomic E-state index is 8.68. The molecule has 2 aliphatic rings. The van der Waals surface area contributed by atoms with Crippen LogP contribution >= 0.6 is 0 Å². The van der Waals surface area contributed by atoms with E-state index >= 15 is 0 Å². The minimum atomic E-state index is -0.272. The summed E-state index contributed by atoms with van der Waals surface area (Å²) in [6.45, 7) is 1.61. The van der Waals surface area contributed by atoms with Crippen molar-refractivity contribution in [3.8, 4) is 0 Å². The van der Waals surface area contributed by atoms with E-state index in [2.05, 4.69) is 0 Å². The zero-order valence-corrected chi connectivity index (χ0v) is 5.53. The fourth-order valence-corrected chi connectivity index (χ4v) is 0.865. The van der Waals surface area contributed by atoms with Crippen molar-refractivity contribution in [1.82, 2.24) is 0 Å². The summed E-state index contributed by atoms with van der Waals surface area (Å²) in [6.07, 6.45) is -0.499. The summed E-state index contributed by atoms with van der Waals surface area (Å²) in [5, 5.41) is 8.68. The molecule has 10 heavy (non-hydrogen) atoms. The Kier molecular flexibility index (Phi) is 1.12. The highest BCUT2D eigenvalue weighted by Gasteiger charge is 2.48. The van der Waals surface area contributed by atoms with E-state index in [-0.39, 0.29) is 19.2 Å². The van der Waals surface area contributed by atoms with Crippen molar-refractivity contribution in [2.45, 2.75) is 19.5 Å². The zero-order chi connectivity index (χ0) is 7.14. The quantitative estimate of drug-likeness (QED) is 0.524. The number of ether oxygens (including phenoxy) is 3. The second-order valence-corrected chi connectivity index (χ2v) is 2.25. The largest absolute Gasteiger partial charge is 0.459 e. The van der Waals surface area contributed by atoms with Gasteiger partial charge in [-0.3, -0.25) is 4.74 Å². The molecule has 0 saturated carbocycles. The summed E-state index contributed by atoms with van der Waals surface area (Å²) in [5.41, 5.74) is 0. The van der Waals surface area contributed by atoms with Crippen molar-refractivity contribution >= 4 is 0 Å². The Balaban J connectivity index is 2.13. The first kappa shape index (κ1) is 6.00. The molecule has 0 aromatic rings. The van der Waals surface area contributed by atoms with Crippen LogP contribution < -0.4 is 0 Å². The molecule has 1 fully saturated rings. The van der Waals surface area contributed by atoms with Gasteiger partial charge in [-0.15, -0.1) is 0 Å². The van der Waals surface area contributed by atoms with Gasteiger partial charge in [0.2, 0.25) is 0 Å². The Hall–Kier alpha value is -0.740. The third-order valence-corrected chi connectivity index (χ3v) is 1.50. The highest BCUT2D eigenvalue weighted by atomic mass is 16.9. The van der Waals surface area contributed by atoms with Gasteiger partial charge >= 0.3 is 0 Å². The van der Waals surface area contributed by atoms with Gasteiger partial charge in [-0.2, -0.15) is 0 Å². The third-order valence-electron chi connectivity index (χ3n) is 1.50. The Morgan fingerprint density at radius 1 is 1.40 bits per heavy atom. The van der Waals surface area contributed by atoms with Crippen LogP contribution in [0.4, 0.5) is 0 Å². The molecule has 2 rings (SSSR count). The van der Waals surface area contributed by atoms with Gasteiger partial charge in [0.05, 0.1) is 0 Å². The molecule has 0 aromatic heterocycles. The topological polar surface area (TPSA) is 51.2 Å². The molecule has 4 nitrogen and oxygen atoms in total. The lowest BCUT2D eigenvalue weighted by molar-refractivity contribution is 0.0404.